The van der Waals surface area contributed by atoms with Gasteiger partial charge in [-0.1, -0.05) is 29.4 Å². The van der Waals surface area contributed by atoms with Gasteiger partial charge in [-0.25, -0.2) is 0 Å². The van der Waals surface area contributed by atoms with Crippen LogP contribution in [0.5, 0.6) is 5.75 Å². The summed E-state index contributed by atoms with van der Waals surface area (Å²) in [4.78, 5) is 19.6. The Balaban J connectivity index is 1.61. The summed E-state index contributed by atoms with van der Waals surface area (Å²) < 4.78 is 10.6. The molecule has 1 atom stereocenters. The van der Waals surface area contributed by atoms with Crippen LogP contribution in [-0.2, 0) is 11.2 Å². The van der Waals surface area contributed by atoms with Crippen molar-refractivity contribution in [3.05, 3.63) is 53.2 Å². The minimum Gasteiger partial charge on any atom is -0.496 e. The Morgan fingerprint density at radius 1 is 1.31 bits per heavy atom. The number of carbonyl (C=O) groups is 1. The van der Waals surface area contributed by atoms with Crippen LogP contribution < -0.4 is 4.74 Å². The largest absolute Gasteiger partial charge is 0.496 e. The Bertz CT molecular complexity index is 861. The average molecular weight is 371 g/mol. The van der Waals surface area contributed by atoms with Gasteiger partial charge in [0.2, 0.25) is 17.6 Å². The number of carbonyl (C=O) groups excluding carboxylic acids is 1. The second-order valence-corrected chi connectivity index (χ2v) is 6.86. The minimum atomic E-state index is -0.0944. The summed E-state index contributed by atoms with van der Waals surface area (Å²) in [5.74, 6) is 1.83. The first-order valence-electron chi connectivity index (χ1n) is 8.35. The molecule has 0 saturated carbocycles. The van der Waals surface area contributed by atoms with E-state index in [-0.39, 0.29) is 11.9 Å². The maximum atomic E-state index is 12.6. The zero-order valence-corrected chi connectivity index (χ0v) is 15.8. The Kier molecular flexibility index (Phi) is 5.68. The van der Waals surface area contributed by atoms with E-state index in [4.69, 9.17) is 9.26 Å². The number of aryl methyl sites for hydroxylation is 1. The lowest BCUT2D eigenvalue weighted by atomic mass is 10.1. The monoisotopic (exact) mass is 371 g/mol. The van der Waals surface area contributed by atoms with Gasteiger partial charge in [-0.05, 0) is 24.4 Å². The van der Waals surface area contributed by atoms with Crippen LogP contribution in [0, 0.1) is 0 Å². The van der Waals surface area contributed by atoms with Crippen molar-refractivity contribution >= 4 is 17.2 Å². The zero-order chi connectivity index (χ0) is 18.5. The Labute approximate surface area is 156 Å². The molecule has 0 fully saturated rings. The number of aromatic nitrogens is 2. The molecular formula is C19H21N3O3S. The van der Waals surface area contributed by atoms with Crippen molar-refractivity contribution in [2.45, 2.75) is 25.8 Å². The molecule has 0 aliphatic rings. The Hall–Kier alpha value is -2.67. The van der Waals surface area contributed by atoms with Crippen LogP contribution in [0.3, 0.4) is 0 Å². The second-order valence-electron chi connectivity index (χ2n) is 5.91. The molecule has 0 radical (unpaired) electrons. The molecule has 1 amide bonds. The van der Waals surface area contributed by atoms with Gasteiger partial charge in [-0.15, -0.1) is 11.3 Å². The van der Waals surface area contributed by atoms with Crippen LogP contribution in [-0.4, -0.2) is 35.1 Å². The van der Waals surface area contributed by atoms with Gasteiger partial charge in [-0.3, -0.25) is 4.79 Å². The van der Waals surface area contributed by atoms with Crippen LogP contribution in [0.1, 0.15) is 30.8 Å². The molecule has 2 aromatic heterocycles. The van der Waals surface area contributed by atoms with E-state index in [1.807, 2.05) is 48.7 Å². The summed E-state index contributed by atoms with van der Waals surface area (Å²) in [7, 11) is 3.43. The predicted molar refractivity (Wildman–Crippen MR) is 100 cm³/mol. The standard InChI is InChI=1S/C19H21N3O3S/c1-13(14-7-4-5-8-15(14)24-3)22(2)18(23)11-10-17-20-19(21-25-17)16-9-6-12-26-16/h4-9,12-13H,10-11H2,1-3H3. The number of benzene rings is 1. The van der Waals surface area contributed by atoms with Crippen LogP contribution in [0.25, 0.3) is 10.7 Å². The fraction of sp³-hybridized carbons (Fsp3) is 0.316. The third-order valence-corrected chi connectivity index (χ3v) is 5.19. The van der Waals surface area contributed by atoms with E-state index in [2.05, 4.69) is 10.1 Å². The number of nitrogens with zero attached hydrogens (tertiary/aromatic N) is 3. The molecule has 136 valence electrons. The fourth-order valence-corrected chi connectivity index (χ4v) is 3.34. The lowest BCUT2D eigenvalue weighted by molar-refractivity contribution is -0.131. The molecule has 0 aliphatic heterocycles. The smallest absolute Gasteiger partial charge is 0.227 e. The third-order valence-electron chi connectivity index (χ3n) is 4.33. The van der Waals surface area contributed by atoms with Gasteiger partial charge < -0.3 is 14.2 Å². The molecule has 26 heavy (non-hydrogen) atoms. The number of amides is 1. The molecule has 1 unspecified atom stereocenters. The molecule has 0 bridgehead atoms. The number of hydrogen-bond acceptors (Lipinski definition) is 6. The quantitative estimate of drug-likeness (QED) is 0.629. The van der Waals surface area contributed by atoms with Crippen LogP contribution >= 0.6 is 11.3 Å². The van der Waals surface area contributed by atoms with E-state index in [1.165, 1.54) is 0 Å². The summed E-state index contributed by atoms with van der Waals surface area (Å²) in [6.07, 6.45) is 0.724. The first-order chi connectivity index (χ1) is 12.6. The van der Waals surface area contributed by atoms with E-state index in [9.17, 15) is 4.79 Å². The highest BCUT2D eigenvalue weighted by Crippen LogP contribution is 2.28. The van der Waals surface area contributed by atoms with Crippen molar-refractivity contribution in [2.75, 3.05) is 14.2 Å². The Morgan fingerprint density at radius 3 is 2.85 bits per heavy atom. The van der Waals surface area contributed by atoms with E-state index in [1.54, 1.807) is 30.4 Å². The maximum Gasteiger partial charge on any atom is 0.227 e. The third kappa shape index (κ3) is 3.94. The highest BCUT2D eigenvalue weighted by Gasteiger charge is 2.21. The van der Waals surface area contributed by atoms with E-state index in [0.717, 1.165) is 16.2 Å². The van der Waals surface area contributed by atoms with E-state index in [0.29, 0.717) is 24.6 Å². The zero-order valence-electron chi connectivity index (χ0n) is 15.0. The maximum absolute atomic E-state index is 12.6. The van der Waals surface area contributed by atoms with Crippen LogP contribution in [0.15, 0.2) is 46.3 Å². The number of thiophene rings is 1. The van der Waals surface area contributed by atoms with Crippen molar-refractivity contribution in [2.24, 2.45) is 0 Å². The fourth-order valence-electron chi connectivity index (χ4n) is 2.69. The molecule has 2 heterocycles. The van der Waals surface area contributed by atoms with Gasteiger partial charge in [-0.2, -0.15) is 4.98 Å². The molecule has 7 heteroatoms. The van der Waals surface area contributed by atoms with Gasteiger partial charge in [0.15, 0.2) is 0 Å². The summed E-state index contributed by atoms with van der Waals surface area (Å²) >= 11 is 1.55. The van der Waals surface area contributed by atoms with Crippen LogP contribution in [0.2, 0.25) is 0 Å². The van der Waals surface area contributed by atoms with E-state index < -0.39 is 0 Å². The normalized spacial score (nSPS) is 12.0. The number of methoxy groups -OCH3 is 1. The van der Waals surface area contributed by atoms with Crippen molar-refractivity contribution < 1.29 is 14.1 Å². The summed E-state index contributed by atoms with van der Waals surface area (Å²) in [5.41, 5.74) is 0.976. The molecule has 3 aromatic rings. The molecule has 6 nitrogen and oxygen atoms in total. The highest BCUT2D eigenvalue weighted by atomic mass is 32.1. The van der Waals surface area contributed by atoms with Crippen molar-refractivity contribution in [3.8, 4) is 16.5 Å². The van der Waals surface area contributed by atoms with Gasteiger partial charge in [0, 0.05) is 25.5 Å². The van der Waals surface area contributed by atoms with Gasteiger partial charge in [0.05, 0.1) is 18.0 Å². The van der Waals surface area contributed by atoms with Crippen molar-refractivity contribution in [3.63, 3.8) is 0 Å². The first-order valence-corrected chi connectivity index (χ1v) is 9.23. The lowest BCUT2D eigenvalue weighted by Gasteiger charge is -2.26. The summed E-state index contributed by atoms with van der Waals surface area (Å²) in [6.45, 7) is 1.98. The van der Waals surface area contributed by atoms with Crippen molar-refractivity contribution in [1.29, 1.82) is 0 Å². The van der Waals surface area contributed by atoms with Crippen LogP contribution in [0.4, 0.5) is 0 Å². The number of hydrogen-bond donors (Lipinski definition) is 0. The Morgan fingerprint density at radius 2 is 2.12 bits per heavy atom. The molecule has 1 aromatic carbocycles. The molecule has 0 spiro atoms. The molecule has 0 aliphatic carbocycles. The predicted octanol–water partition coefficient (Wildman–Crippen LogP) is 3.96. The summed E-state index contributed by atoms with van der Waals surface area (Å²) in [6, 6.07) is 11.5. The van der Waals surface area contributed by atoms with Gasteiger partial charge >= 0.3 is 0 Å². The molecular weight excluding hydrogens is 350 g/mol. The highest BCUT2D eigenvalue weighted by molar-refractivity contribution is 7.13. The van der Waals surface area contributed by atoms with Crippen molar-refractivity contribution in [1.82, 2.24) is 15.0 Å². The molecule has 0 N–H and O–H groups in total. The first kappa shape index (κ1) is 18.1. The number of ether oxygens (including phenoxy) is 1. The lowest BCUT2D eigenvalue weighted by Crippen LogP contribution is -2.30. The van der Waals surface area contributed by atoms with Gasteiger partial charge in [0.1, 0.15) is 5.75 Å². The minimum absolute atomic E-state index is 0.0132. The molecule has 0 saturated heterocycles. The van der Waals surface area contributed by atoms with Gasteiger partial charge in [0.25, 0.3) is 0 Å². The summed E-state index contributed by atoms with van der Waals surface area (Å²) in [5, 5.41) is 5.93. The molecule has 3 rings (SSSR count). The topological polar surface area (TPSA) is 68.5 Å². The SMILES string of the molecule is COc1ccccc1C(C)N(C)C(=O)CCc1nc(-c2cccs2)no1. The number of para-hydroxylation sites is 1. The average Bonchev–Trinajstić information content (AvgIpc) is 3.36. The van der Waals surface area contributed by atoms with E-state index >= 15 is 0 Å². The second kappa shape index (κ2) is 8.14. The number of rotatable bonds is 7.